The van der Waals surface area contributed by atoms with E-state index in [1.54, 1.807) is 14.0 Å². The second kappa shape index (κ2) is 7.63. The average molecular weight is 232 g/mol. The Balaban J connectivity index is 4.81. The first-order valence-electron chi connectivity index (χ1n) is 5.95. The van der Waals surface area contributed by atoms with Crippen LogP contribution < -0.4 is 0 Å². The van der Waals surface area contributed by atoms with Crippen molar-refractivity contribution in [3.05, 3.63) is 0 Å². The van der Waals surface area contributed by atoms with Crippen LogP contribution in [0.25, 0.3) is 0 Å². The minimum Gasteiger partial charge on any atom is -0.464 e. The number of methoxy groups -OCH3 is 1. The van der Waals surface area contributed by atoms with Crippen molar-refractivity contribution < 1.29 is 19.4 Å². The van der Waals surface area contributed by atoms with Gasteiger partial charge in [0, 0.05) is 13.0 Å². The summed E-state index contributed by atoms with van der Waals surface area (Å²) in [5.41, 5.74) is -1.41. The van der Waals surface area contributed by atoms with Crippen molar-refractivity contribution in [3.8, 4) is 0 Å². The highest BCUT2D eigenvalue weighted by molar-refractivity contribution is 5.79. The smallest absolute Gasteiger partial charge is 0.338 e. The van der Waals surface area contributed by atoms with Gasteiger partial charge >= 0.3 is 5.97 Å². The SMILES string of the molecule is CCCC(O)(C(=O)OCC)C(CC)COC. The number of hydrogen-bond donors (Lipinski definition) is 1. The van der Waals surface area contributed by atoms with E-state index < -0.39 is 11.6 Å². The fourth-order valence-electron chi connectivity index (χ4n) is 1.90. The number of rotatable bonds is 8. The van der Waals surface area contributed by atoms with Crippen LogP contribution in [0.4, 0.5) is 0 Å². The fraction of sp³-hybridized carbons (Fsp3) is 0.917. The van der Waals surface area contributed by atoms with E-state index in [2.05, 4.69) is 0 Å². The minimum absolute atomic E-state index is 0.212. The summed E-state index contributed by atoms with van der Waals surface area (Å²) in [7, 11) is 1.57. The Morgan fingerprint density at radius 1 is 1.38 bits per heavy atom. The maximum Gasteiger partial charge on any atom is 0.338 e. The predicted molar refractivity (Wildman–Crippen MR) is 62.1 cm³/mol. The van der Waals surface area contributed by atoms with Crippen molar-refractivity contribution >= 4 is 5.97 Å². The molecule has 2 atom stereocenters. The first-order valence-corrected chi connectivity index (χ1v) is 5.95. The van der Waals surface area contributed by atoms with Gasteiger partial charge in [0.25, 0.3) is 0 Å². The molecule has 16 heavy (non-hydrogen) atoms. The molecule has 0 aliphatic rings. The Kier molecular flexibility index (Phi) is 7.34. The van der Waals surface area contributed by atoms with E-state index in [0.717, 1.165) is 6.42 Å². The fourth-order valence-corrected chi connectivity index (χ4v) is 1.90. The number of carbonyl (C=O) groups is 1. The molecule has 0 rings (SSSR count). The van der Waals surface area contributed by atoms with Crippen LogP contribution in [0, 0.1) is 5.92 Å². The molecular formula is C12H24O4. The van der Waals surface area contributed by atoms with E-state index in [1.807, 2.05) is 13.8 Å². The lowest BCUT2D eigenvalue weighted by Crippen LogP contribution is -2.48. The molecule has 0 aromatic carbocycles. The first kappa shape index (κ1) is 15.4. The van der Waals surface area contributed by atoms with E-state index >= 15 is 0 Å². The number of hydrogen-bond acceptors (Lipinski definition) is 4. The zero-order chi connectivity index (χ0) is 12.6. The van der Waals surface area contributed by atoms with Gasteiger partial charge in [-0.15, -0.1) is 0 Å². The van der Waals surface area contributed by atoms with Crippen LogP contribution >= 0.6 is 0 Å². The molecule has 0 saturated carbocycles. The maximum atomic E-state index is 11.8. The molecule has 0 radical (unpaired) electrons. The molecule has 0 aromatic rings. The van der Waals surface area contributed by atoms with Crippen molar-refractivity contribution in [1.82, 2.24) is 0 Å². The standard InChI is InChI=1S/C12H24O4/c1-5-8-12(14,11(13)16-7-3)10(6-2)9-15-4/h10,14H,5-9H2,1-4H3. The van der Waals surface area contributed by atoms with Crippen molar-refractivity contribution in [2.45, 2.75) is 45.6 Å². The molecule has 96 valence electrons. The number of carbonyl (C=O) groups excluding carboxylic acids is 1. The van der Waals surface area contributed by atoms with Crippen LogP contribution in [0.15, 0.2) is 0 Å². The monoisotopic (exact) mass is 232 g/mol. The second-order valence-corrected chi connectivity index (χ2v) is 3.96. The van der Waals surface area contributed by atoms with Gasteiger partial charge in [0.05, 0.1) is 13.2 Å². The molecule has 0 aliphatic carbocycles. The molecule has 0 saturated heterocycles. The van der Waals surface area contributed by atoms with Gasteiger partial charge in [-0.25, -0.2) is 4.79 Å². The summed E-state index contributed by atoms with van der Waals surface area (Å²) >= 11 is 0. The Labute approximate surface area is 97.9 Å². The lowest BCUT2D eigenvalue weighted by molar-refractivity contribution is -0.175. The Morgan fingerprint density at radius 2 is 2.00 bits per heavy atom. The third-order valence-corrected chi connectivity index (χ3v) is 2.80. The highest BCUT2D eigenvalue weighted by atomic mass is 16.5. The summed E-state index contributed by atoms with van der Waals surface area (Å²) in [4.78, 5) is 11.8. The summed E-state index contributed by atoms with van der Waals surface area (Å²) in [5, 5.41) is 10.4. The van der Waals surface area contributed by atoms with E-state index in [0.29, 0.717) is 19.4 Å². The van der Waals surface area contributed by atoms with Gasteiger partial charge in [-0.1, -0.05) is 20.3 Å². The van der Waals surface area contributed by atoms with Gasteiger partial charge in [-0.2, -0.15) is 0 Å². The Bertz CT molecular complexity index is 205. The summed E-state index contributed by atoms with van der Waals surface area (Å²) in [5.74, 6) is -0.739. The topological polar surface area (TPSA) is 55.8 Å². The Morgan fingerprint density at radius 3 is 2.38 bits per heavy atom. The van der Waals surface area contributed by atoms with Crippen molar-refractivity contribution in [2.24, 2.45) is 5.92 Å². The zero-order valence-electron chi connectivity index (χ0n) is 10.8. The number of aliphatic hydroxyl groups is 1. The molecule has 0 fully saturated rings. The average Bonchev–Trinajstić information content (AvgIpc) is 2.26. The van der Waals surface area contributed by atoms with Gasteiger partial charge in [0.15, 0.2) is 5.60 Å². The molecule has 0 aromatic heterocycles. The summed E-state index contributed by atoms with van der Waals surface area (Å²) in [6.45, 7) is 6.26. The van der Waals surface area contributed by atoms with Gasteiger partial charge in [-0.3, -0.25) is 0 Å². The third kappa shape index (κ3) is 3.76. The first-order chi connectivity index (χ1) is 7.56. The van der Waals surface area contributed by atoms with Crippen LogP contribution in [0.2, 0.25) is 0 Å². The zero-order valence-corrected chi connectivity index (χ0v) is 10.8. The molecule has 4 heteroatoms. The lowest BCUT2D eigenvalue weighted by atomic mass is 9.82. The third-order valence-electron chi connectivity index (χ3n) is 2.80. The molecule has 0 bridgehead atoms. The minimum atomic E-state index is -1.41. The molecule has 4 nitrogen and oxygen atoms in total. The number of esters is 1. The lowest BCUT2D eigenvalue weighted by Gasteiger charge is -2.32. The van der Waals surface area contributed by atoms with Gasteiger partial charge in [0.2, 0.25) is 0 Å². The van der Waals surface area contributed by atoms with Crippen molar-refractivity contribution in [2.75, 3.05) is 20.3 Å². The predicted octanol–water partition coefficient (Wildman–Crippen LogP) is 1.75. The highest BCUT2D eigenvalue weighted by Gasteiger charge is 2.43. The maximum absolute atomic E-state index is 11.8. The largest absolute Gasteiger partial charge is 0.464 e. The van der Waals surface area contributed by atoms with E-state index in [-0.39, 0.29) is 12.5 Å². The van der Waals surface area contributed by atoms with E-state index in [1.165, 1.54) is 0 Å². The van der Waals surface area contributed by atoms with E-state index in [9.17, 15) is 9.90 Å². The number of ether oxygens (including phenoxy) is 2. The highest BCUT2D eigenvalue weighted by Crippen LogP contribution is 2.28. The molecule has 0 heterocycles. The van der Waals surface area contributed by atoms with Crippen molar-refractivity contribution in [3.63, 3.8) is 0 Å². The molecule has 0 amide bonds. The summed E-state index contributed by atoms with van der Waals surface area (Å²) < 4.78 is 9.99. The van der Waals surface area contributed by atoms with Gasteiger partial charge in [-0.05, 0) is 19.8 Å². The molecule has 0 spiro atoms. The molecule has 2 unspecified atom stereocenters. The Hall–Kier alpha value is -0.610. The van der Waals surface area contributed by atoms with Crippen LogP contribution in [-0.4, -0.2) is 37.0 Å². The van der Waals surface area contributed by atoms with Crippen LogP contribution in [0.1, 0.15) is 40.0 Å². The molecule has 0 aliphatic heterocycles. The summed E-state index contributed by atoms with van der Waals surface area (Å²) in [6.07, 6.45) is 1.83. The van der Waals surface area contributed by atoms with Crippen LogP contribution in [-0.2, 0) is 14.3 Å². The van der Waals surface area contributed by atoms with Gasteiger partial charge in [0.1, 0.15) is 0 Å². The second-order valence-electron chi connectivity index (χ2n) is 3.96. The van der Waals surface area contributed by atoms with Gasteiger partial charge < -0.3 is 14.6 Å². The molecule has 1 N–H and O–H groups in total. The molecular weight excluding hydrogens is 208 g/mol. The van der Waals surface area contributed by atoms with Crippen molar-refractivity contribution in [1.29, 1.82) is 0 Å². The normalized spacial score (nSPS) is 16.6. The van der Waals surface area contributed by atoms with Crippen LogP contribution in [0.5, 0.6) is 0 Å². The van der Waals surface area contributed by atoms with Crippen LogP contribution in [0.3, 0.4) is 0 Å². The van der Waals surface area contributed by atoms with E-state index in [4.69, 9.17) is 9.47 Å². The quantitative estimate of drug-likeness (QED) is 0.648. The summed E-state index contributed by atoms with van der Waals surface area (Å²) in [6, 6.07) is 0.